The highest BCUT2D eigenvalue weighted by atomic mass is 32.2. The first kappa shape index (κ1) is 17.9. The van der Waals surface area contributed by atoms with Crippen LogP contribution in [0.1, 0.15) is 19.4 Å². The van der Waals surface area contributed by atoms with Gasteiger partial charge in [0.15, 0.2) is 0 Å². The summed E-state index contributed by atoms with van der Waals surface area (Å²) in [5, 5.41) is 2.91. The Morgan fingerprint density at radius 3 is 2.24 bits per heavy atom. The Hall–Kier alpha value is -1.15. The van der Waals surface area contributed by atoms with Gasteiger partial charge in [0.05, 0.1) is 4.90 Å². The number of sulfone groups is 1. The van der Waals surface area contributed by atoms with E-state index in [0.29, 0.717) is 6.07 Å². The molecule has 8 heteroatoms. The van der Waals surface area contributed by atoms with Crippen LogP contribution in [0.5, 0.6) is 0 Å². The minimum Gasteiger partial charge on any atom is -0.316 e. The van der Waals surface area contributed by atoms with Crippen LogP contribution in [0.15, 0.2) is 23.1 Å². The van der Waals surface area contributed by atoms with Gasteiger partial charge >= 0.3 is 5.51 Å². The normalized spacial score (nSPS) is 14.5. The lowest BCUT2D eigenvalue weighted by Crippen LogP contribution is -2.34. The largest absolute Gasteiger partial charge is 0.501 e. The maximum absolute atomic E-state index is 13.2. The molecule has 1 aromatic carbocycles. The van der Waals surface area contributed by atoms with Gasteiger partial charge in [-0.1, -0.05) is 19.9 Å². The Morgan fingerprint density at radius 1 is 1.24 bits per heavy atom. The molecule has 1 aromatic rings. The third-order valence-electron chi connectivity index (χ3n) is 3.24. The van der Waals surface area contributed by atoms with E-state index in [1.807, 2.05) is 13.8 Å². The topological polar surface area (TPSA) is 46.2 Å². The van der Waals surface area contributed by atoms with Gasteiger partial charge in [0, 0.05) is 6.04 Å². The Labute approximate surface area is 121 Å². The maximum Gasteiger partial charge on any atom is 0.501 e. The third-order valence-corrected chi connectivity index (χ3v) is 4.81. The minimum atomic E-state index is -5.58. The molecule has 3 nitrogen and oxygen atoms in total. The molecule has 1 atom stereocenters. The van der Waals surface area contributed by atoms with Crippen molar-refractivity contribution in [3.63, 3.8) is 0 Å². The molecular formula is C13H17F4NO2S. The van der Waals surface area contributed by atoms with Crippen molar-refractivity contribution < 1.29 is 26.0 Å². The van der Waals surface area contributed by atoms with Crippen molar-refractivity contribution >= 4 is 9.84 Å². The lowest BCUT2D eigenvalue weighted by molar-refractivity contribution is -0.0436. The molecule has 0 aromatic heterocycles. The molecular weight excluding hydrogens is 310 g/mol. The van der Waals surface area contributed by atoms with Crippen LogP contribution in [0.2, 0.25) is 0 Å². The predicted molar refractivity (Wildman–Crippen MR) is 71.0 cm³/mol. The molecule has 120 valence electrons. The van der Waals surface area contributed by atoms with Crippen molar-refractivity contribution in [2.24, 2.45) is 5.92 Å². The fourth-order valence-corrected chi connectivity index (χ4v) is 2.99. The number of hydrogen-bond acceptors (Lipinski definition) is 3. The number of likely N-dealkylation sites (N-methyl/N-ethyl adjacent to an activating group) is 1. The SMILES string of the molecule is CNC(Cc1ccc(F)cc1S(=O)(=O)C(F)(F)F)C(C)C. The molecule has 0 radical (unpaired) electrons. The van der Waals surface area contributed by atoms with E-state index >= 15 is 0 Å². The van der Waals surface area contributed by atoms with Gasteiger partial charge in [-0.15, -0.1) is 0 Å². The van der Waals surface area contributed by atoms with E-state index in [4.69, 9.17) is 0 Å². The average molecular weight is 327 g/mol. The van der Waals surface area contributed by atoms with Gasteiger partial charge in [0.1, 0.15) is 5.82 Å². The first-order valence-electron chi connectivity index (χ1n) is 6.27. The summed E-state index contributed by atoms with van der Waals surface area (Å²) in [6, 6.07) is 2.24. The van der Waals surface area contributed by atoms with Gasteiger partial charge in [-0.25, -0.2) is 12.8 Å². The molecule has 0 aliphatic rings. The van der Waals surface area contributed by atoms with Gasteiger partial charge in [-0.05, 0) is 37.1 Å². The lowest BCUT2D eigenvalue weighted by Gasteiger charge is -2.22. The minimum absolute atomic E-state index is 0.0539. The molecule has 0 saturated carbocycles. The van der Waals surface area contributed by atoms with Crippen LogP contribution >= 0.6 is 0 Å². The van der Waals surface area contributed by atoms with Crippen molar-refractivity contribution in [3.8, 4) is 0 Å². The Kier molecular flexibility index (Phi) is 5.38. The van der Waals surface area contributed by atoms with Gasteiger partial charge in [-0.2, -0.15) is 13.2 Å². The van der Waals surface area contributed by atoms with Crippen molar-refractivity contribution in [2.45, 2.75) is 36.7 Å². The maximum atomic E-state index is 13.2. The molecule has 0 heterocycles. The van der Waals surface area contributed by atoms with Crippen LogP contribution in [0.3, 0.4) is 0 Å². The van der Waals surface area contributed by atoms with E-state index in [1.54, 1.807) is 7.05 Å². The average Bonchev–Trinajstić information content (AvgIpc) is 2.35. The zero-order valence-corrected chi connectivity index (χ0v) is 12.6. The van der Waals surface area contributed by atoms with Crippen molar-refractivity contribution in [3.05, 3.63) is 29.6 Å². The zero-order valence-electron chi connectivity index (χ0n) is 11.8. The van der Waals surface area contributed by atoms with Crippen LogP contribution < -0.4 is 5.32 Å². The van der Waals surface area contributed by atoms with Gasteiger partial charge < -0.3 is 5.32 Å². The first-order valence-corrected chi connectivity index (χ1v) is 7.76. The highest BCUT2D eigenvalue weighted by molar-refractivity contribution is 7.92. The van der Waals surface area contributed by atoms with Gasteiger partial charge in [-0.3, -0.25) is 0 Å². The smallest absolute Gasteiger partial charge is 0.316 e. The number of rotatable bonds is 5. The molecule has 1 unspecified atom stereocenters. The molecule has 1 rings (SSSR count). The van der Waals surface area contributed by atoms with E-state index in [2.05, 4.69) is 5.32 Å². The predicted octanol–water partition coefficient (Wildman–Crippen LogP) is 2.91. The summed E-state index contributed by atoms with van der Waals surface area (Å²) in [6.07, 6.45) is 0.0547. The summed E-state index contributed by atoms with van der Waals surface area (Å²) in [4.78, 5) is -1.02. The summed E-state index contributed by atoms with van der Waals surface area (Å²) < 4.78 is 74.4. The van der Waals surface area contributed by atoms with Crippen LogP contribution in [-0.4, -0.2) is 27.0 Å². The molecule has 21 heavy (non-hydrogen) atoms. The number of nitrogens with one attached hydrogen (secondary N) is 1. The second kappa shape index (κ2) is 6.31. The van der Waals surface area contributed by atoms with Crippen LogP contribution in [0, 0.1) is 11.7 Å². The molecule has 0 aliphatic carbocycles. The Balaban J connectivity index is 3.37. The second-order valence-electron chi connectivity index (χ2n) is 5.04. The van der Waals surface area contributed by atoms with Crippen LogP contribution in [0.4, 0.5) is 17.6 Å². The van der Waals surface area contributed by atoms with Gasteiger partial charge in [0.25, 0.3) is 9.84 Å². The fourth-order valence-electron chi connectivity index (χ4n) is 1.98. The number of hydrogen-bond donors (Lipinski definition) is 1. The van der Waals surface area contributed by atoms with E-state index in [1.165, 1.54) is 0 Å². The summed E-state index contributed by atoms with van der Waals surface area (Å²) in [6.45, 7) is 3.70. The molecule has 0 amide bonds. The molecule has 0 saturated heterocycles. The molecule has 0 bridgehead atoms. The highest BCUT2D eigenvalue weighted by Crippen LogP contribution is 2.33. The van der Waals surface area contributed by atoms with Crippen molar-refractivity contribution in [2.75, 3.05) is 7.05 Å². The zero-order chi connectivity index (χ0) is 16.4. The lowest BCUT2D eigenvalue weighted by atomic mass is 9.96. The number of benzene rings is 1. The third kappa shape index (κ3) is 3.94. The molecule has 0 fully saturated rings. The van der Waals surface area contributed by atoms with Crippen molar-refractivity contribution in [1.82, 2.24) is 5.32 Å². The van der Waals surface area contributed by atoms with E-state index in [-0.39, 0.29) is 23.9 Å². The summed E-state index contributed by atoms with van der Waals surface area (Å²) >= 11 is 0. The first-order chi connectivity index (χ1) is 9.50. The second-order valence-corrected chi connectivity index (χ2v) is 6.95. The number of halogens is 4. The molecule has 0 spiro atoms. The Morgan fingerprint density at radius 2 is 1.81 bits per heavy atom. The van der Waals surface area contributed by atoms with Gasteiger partial charge in [0.2, 0.25) is 0 Å². The number of alkyl halides is 3. The summed E-state index contributed by atoms with van der Waals surface area (Å²) in [5.41, 5.74) is -5.51. The summed E-state index contributed by atoms with van der Waals surface area (Å²) in [7, 11) is -3.95. The van der Waals surface area contributed by atoms with Crippen molar-refractivity contribution in [1.29, 1.82) is 0 Å². The monoisotopic (exact) mass is 327 g/mol. The quantitative estimate of drug-likeness (QED) is 0.846. The van der Waals surface area contributed by atoms with Crippen LogP contribution in [-0.2, 0) is 16.3 Å². The highest BCUT2D eigenvalue weighted by Gasteiger charge is 2.48. The van der Waals surface area contributed by atoms with E-state index in [9.17, 15) is 26.0 Å². The molecule has 0 aliphatic heterocycles. The Bertz CT molecular complexity index is 597. The van der Waals surface area contributed by atoms with Crippen LogP contribution in [0.25, 0.3) is 0 Å². The fraction of sp³-hybridized carbons (Fsp3) is 0.538. The van der Waals surface area contributed by atoms with E-state index in [0.717, 1.165) is 12.1 Å². The van der Waals surface area contributed by atoms with E-state index < -0.39 is 26.1 Å². The standard InChI is InChI=1S/C13H17F4NO2S/c1-8(2)11(18-3)6-9-4-5-10(14)7-12(9)21(19,20)13(15,16)17/h4-5,7-8,11,18H,6H2,1-3H3. The molecule has 1 N–H and O–H groups in total. The summed E-state index contributed by atoms with van der Waals surface area (Å²) in [5.74, 6) is -0.950.